The third-order valence-electron chi connectivity index (χ3n) is 12.3. The molecule has 2 N–H and O–H groups in total. The van der Waals surface area contributed by atoms with E-state index in [2.05, 4.69) is 33.0 Å². The number of nitrogens with zero attached hydrogens (tertiary/aromatic N) is 1. The molecule has 0 heterocycles. The standard InChI is InChI=1S/C32H44N2O4/c1-8-34-26(37)32-13-11-27(2,3)17-20(32)24-21(35)15-23-28(4)16-19(18-33)25(36)31(7,38)22(28)9-10-29(23,5)30(24,6)12-14-32/h15-16,20,22,24,38H,8-14,17H2,1-7H3,(H,34,37)/t20?,22?,24?,28-,29+,30+,31-,32?/m0/s1. The van der Waals surface area contributed by atoms with Crippen LogP contribution in [0.25, 0.3) is 0 Å². The summed E-state index contributed by atoms with van der Waals surface area (Å²) < 4.78 is 0. The molecule has 38 heavy (non-hydrogen) atoms. The highest BCUT2D eigenvalue weighted by atomic mass is 16.3. The molecule has 0 aliphatic heterocycles. The van der Waals surface area contributed by atoms with E-state index < -0.39 is 28.1 Å². The van der Waals surface area contributed by atoms with Gasteiger partial charge in [0, 0.05) is 23.8 Å². The zero-order valence-corrected chi connectivity index (χ0v) is 24.2. The van der Waals surface area contributed by atoms with Crippen LogP contribution in [0.1, 0.15) is 93.4 Å². The number of rotatable bonds is 2. The smallest absolute Gasteiger partial charge is 0.226 e. The Hall–Kier alpha value is -2.26. The highest BCUT2D eigenvalue weighted by Crippen LogP contribution is 2.74. The number of hydrogen-bond donors (Lipinski definition) is 2. The van der Waals surface area contributed by atoms with Gasteiger partial charge in [-0.05, 0) is 87.0 Å². The Labute approximate surface area is 227 Å². The van der Waals surface area contributed by atoms with Crippen LogP contribution in [0.3, 0.4) is 0 Å². The van der Waals surface area contributed by atoms with Crippen molar-refractivity contribution >= 4 is 17.5 Å². The van der Waals surface area contributed by atoms with E-state index in [-0.39, 0.29) is 45.3 Å². The largest absolute Gasteiger partial charge is 0.382 e. The first kappa shape index (κ1) is 27.3. The van der Waals surface area contributed by atoms with Crippen LogP contribution in [0.15, 0.2) is 23.3 Å². The second-order valence-corrected chi connectivity index (χ2v) is 14.7. The number of carbonyl (C=O) groups excluding carboxylic acids is 3. The van der Waals surface area contributed by atoms with Crippen molar-refractivity contribution in [2.45, 2.75) is 99.0 Å². The second kappa shape index (κ2) is 8.13. The average molecular weight is 521 g/mol. The molecular formula is C32H44N2O4. The molecule has 8 atom stereocenters. The zero-order chi connectivity index (χ0) is 28.1. The van der Waals surface area contributed by atoms with Crippen LogP contribution in [-0.2, 0) is 14.4 Å². The molecule has 5 aliphatic rings. The topological polar surface area (TPSA) is 107 Å². The number of Topliss-reactive ketones (excluding diaryl/α,β-unsaturated/α-hetero) is 1. The van der Waals surface area contributed by atoms with Crippen molar-refractivity contribution in [3.63, 3.8) is 0 Å². The van der Waals surface area contributed by atoms with Crippen LogP contribution in [0.2, 0.25) is 0 Å². The van der Waals surface area contributed by atoms with E-state index in [1.165, 1.54) is 6.92 Å². The van der Waals surface area contributed by atoms with Crippen LogP contribution in [0, 0.1) is 56.2 Å². The molecule has 6 heteroatoms. The zero-order valence-electron chi connectivity index (χ0n) is 24.2. The molecule has 0 saturated heterocycles. The first-order valence-electron chi connectivity index (χ1n) is 14.5. The van der Waals surface area contributed by atoms with Gasteiger partial charge in [-0.1, -0.05) is 46.3 Å². The Morgan fingerprint density at radius 3 is 2.37 bits per heavy atom. The number of hydrogen-bond acceptors (Lipinski definition) is 5. The summed E-state index contributed by atoms with van der Waals surface area (Å²) in [5.74, 6) is -1.05. The number of carbonyl (C=O) groups is 3. The molecule has 206 valence electrons. The third-order valence-corrected chi connectivity index (χ3v) is 12.3. The van der Waals surface area contributed by atoms with Crippen LogP contribution < -0.4 is 5.32 Å². The third kappa shape index (κ3) is 3.23. The van der Waals surface area contributed by atoms with Gasteiger partial charge in [0.25, 0.3) is 0 Å². The fraction of sp³-hybridized carbons (Fsp3) is 0.750. The Kier molecular flexibility index (Phi) is 5.84. The van der Waals surface area contributed by atoms with E-state index in [0.717, 1.165) is 44.1 Å². The van der Waals surface area contributed by atoms with E-state index >= 15 is 0 Å². The van der Waals surface area contributed by atoms with Crippen LogP contribution >= 0.6 is 0 Å². The lowest BCUT2D eigenvalue weighted by Gasteiger charge is -2.68. The van der Waals surface area contributed by atoms with Gasteiger partial charge in [-0.3, -0.25) is 14.4 Å². The van der Waals surface area contributed by atoms with Gasteiger partial charge in [0.05, 0.1) is 11.0 Å². The van der Waals surface area contributed by atoms with Gasteiger partial charge in [-0.25, -0.2) is 0 Å². The number of amides is 1. The predicted octanol–water partition coefficient (Wildman–Crippen LogP) is 5.07. The van der Waals surface area contributed by atoms with Gasteiger partial charge in [-0.2, -0.15) is 5.26 Å². The predicted molar refractivity (Wildman–Crippen MR) is 144 cm³/mol. The lowest BCUT2D eigenvalue weighted by molar-refractivity contribution is -0.180. The summed E-state index contributed by atoms with van der Waals surface area (Å²) in [6.45, 7) is 15.1. The number of ketones is 2. The van der Waals surface area contributed by atoms with Crippen LogP contribution in [0.4, 0.5) is 0 Å². The van der Waals surface area contributed by atoms with Crippen molar-refractivity contribution in [2.24, 2.45) is 44.8 Å². The molecule has 0 bridgehead atoms. The van der Waals surface area contributed by atoms with Crippen molar-refractivity contribution in [3.8, 4) is 6.07 Å². The molecule has 0 spiro atoms. The van der Waals surface area contributed by atoms with Crippen molar-refractivity contribution in [1.82, 2.24) is 5.32 Å². The fourth-order valence-electron chi connectivity index (χ4n) is 10.0. The molecule has 0 radical (unpaired) electrons. The number of allylic oxidation sites excluding steroid dienone is 3. The molecule has 5 rings (SSSR count). The van der Waals surface area contributed by atoms with Gasteiger partial charge in [0.2, 0.25) is 11.7 Å². The van der Waals surface area contributed by atoms with Gasteiger partial charge in [0.1, 0.15) is 11.7 Å². The van der Waals surface area contributed by atoms with Crippen molar-refractivity contribution in [1.29, 1.82) is 5.26 Å². The lowest BCUT2D eigenvalue weighted by Crippen LogP contribution is -2.67. The van der Waals surface area contributed by atoms with E-state index in [1.807, 2.05) is 26.0 Å². The summed E-state index contributed by atoms with van der Waals surface area (Å²) >= 11 is 0. The summed E-state index contributed by atoms with van der Waals surface area (Å²) in [6, 6.07) is 2.02. The first-order valence-corrected chi connectivity index (χ1v) is 14.5. The minimum absolute atomic E-state index is 0.0217. The fourth-order valence-corrected chi connectivity index (χ4v) is 10.0. The van der Waals surface area contributed by atoms with E-state index in [0.29, 0.717) is 13.0 Å². The van der Waals surface area contributed by atoms with Crippen molar-refractivity contribution in [2.75, 3.05) is 6.54 Å². The second-order valence-electron chi connectivity index (χ2n) is 14.7. The summed E-state index contributed by atoms with van der Waals surface area (Å²) in [7, 11) is 0. The molecule has 1 amide bonds. The van der Waals surface area contributed by atoms with E-state index in [4.69, 9.17) is 0 Å². The Morgan fingerprint density at radius 2 is 1.74 bits per heavy atom. The lowest BCUT2D eigenvalue weighted by atomic mass is 9.34. The molecular weight excluding hydrogens is 476 g/mol. The minimum atomic E-state index is -1.66. The van der Waals surface area contributed by atoms with E-state index in [9.17, 15) is 24.8 Å². The van der Waals surface area contributed by atoms with E-state index in [1.54, 1.807) is 6.08 Å². The molecule has 0 aromatic heterocycles. The summed E-state index contributed by atoms with van der Waals surface area (Å²) in [5, 5.41) is 24.3. The Bertz CT molecular complexity index is 1220. The average Bonchev–Trinajstić information content (AvgIpc) is 2.82. The molecule has 3 fully saturated rings. The van der Waals surface area contributed by atoms with Crippen molar-refractivity contribution < 1.29 is 19.5 Å². The maximum Gasteiger partial charge on any atom is 0.226 e. The molecule has 0 aromatic carbocycles. The normalized spacial score (nSPS) is 47.3. The van der Waals surface area contributed by atoms with Crippen molar-refractivity contribution in [3.05, 3.63) is 23.3 Å². The van der Waals surface area contributed by atoms with Gasteiger partial charge in [-0.15, -0.1) is 0 Å². The summed E-state index contributed by atoms with van der Waals surface area (Å²) in [5.41, 5.74) is -2.71. The highest BCUT2D eigenvalue weighted by molar-refractivity contribution is 6.06. The number of nitrogens with one attached hydrogen (secondary N) is 1. The maximum absolute atomic E-state index is 14.4. The van der Waals surface area contributed by atoms with Gasteiger partial charge >= 0.3 is 0 Å². The van der Waals surface area contributed by atoms with Gasteiger partial charge < -0.3 is 10.4 Å². The Morgan fingerprint density at radius 1 is 1.08 bits per heavy atom. The minimum Gasteiger partial charge on any atom is -0.382 e. The summed E-state index contributed by atoms with van der Waals surface area (Å²) in [4.78, 5) is 41.1. The number of nitriles is 1. The molecule has 6 nitrogen and oxygen atoms in total. The summed E-state index contributed by atoms with van der Waals surface area (Å²) in [6.07, 6.45) is 9.10. The van der Waals surface area contributed by atoms with Gasteiger partial charge in [0.15, 0.2) is 5.78 Å². The number of fused-ring (bicyclic) bond motifs is 7. The monoisotopic (exact) mass is 520 g/mol. The maximum atomic E-state index is 14.4. The molecule has 4 unspecified atom stereocenters. The molecule has 3 saturated carbocycles. The first-order chi connectivity index (χ1) is 17.5. The quantitative estimate of drug-likeness (QED) is 0.529. The molecule has 0 aromatic rings. The number of aliphatic hydroxyl groups is 1. The van der Waals surface area contributed by atoms with Crippen LogP contribution in [-0.4, -0.2) is 34.7 Å². The molecule has 5 aliphatic carbocycles. The highest BCUT2D eigenvalue weighted by Gasteiger charge is 2.71. The SMILES string of the molecule is CCNC(=O)C12CCC(C)(C)CC1C1C(=O)C=C3[C@@]4(C)C=C(C#N)C(=O)[C@@](C)(O)C4CC[C@@]3(C)[C@]1(C)CC2. The van der Waals surface area contributed by atoms with Crippen LogP contribution in [0.5, 0.6) is 0 Å². The Balaban J connectivity index is 1.69.